The van der Waals surface area contributed by atoms with E-state index in [0.29, 0.717) is 17.2 Å². The van der Waals surface area contributed by atoms with Gasteiger partial charge in [-0.05, 0) is 57.1 Å². The van der Waals surface area contributed by atoms with Crippen LogP contribution >= 0.6 is 0 Å². The summed E-state index contributed by atoms with van der Waals surface area (Å²) < 4.78 is 16.3. The fourth-order valence-electron chi connectivity index (χ4n) is 5.20. The summed E-state index contributed by atoms with van der Waals surface area (Å²) in [5.41, 5.74) is 4.40. The third kappa shape index (κ3) is 4.87. The number of nitrogens with zero attached hydrogens (tertiary/aromatic N) is 4. The molecule has 36 heavy (non-hydrogen) atoms. The van der Waals surface area contributed by atoms with E-state index in [2.05, 4.69) is 65.9 Å². The number of hydrogen-bond acceptors (Lipinski definition) is 7. The average molecular weight is 505 g/mol. The molecule has 1 aromatic carbocycles. The van der Waals surface area contributed by atoms with Crippen LogP contribution in [0.2, 0.25) is 0 Å². The molecule has 1 unspecified atom stereocenters. The second kappa shape index (κ2) is 9.87. The van der Waals surface area contributed by atoms with E-state index in [9.17, 15) is 9.66 Å². The Hall–Kier alpha value is -2.90. The lowest BCUT2D eigenvalue weighted by molar-refractivity contribution is 0.175. The number of anilines is 1. The van der Waals surface area contributed by atoms with Crippen molar-refractivity contribution < 1.29 is 9.66 Å². The minimum atomic E-state index is -1.17. The molecule has 0 amide bonds. The lowest BCUT2D eigenvalue weighted by Crippen LogP contribution is -2.50. The van der Waals surface area contributed by atoms with Gasteiger partial charge in [0.1, 0.15) is 16.1 Å². The molecule has 1 spiro atoms. The van der Waals surface area contributed by atoms with Crippen molar-refractivity contribution in [3.8, 4) is 11.8 Å². The number of piperidine rings is 1. The number of aliphatic hydroxyl groups excluding tert-OH is 1. The summed E-state index contributed by atoms with van der Waals surface area (Å²) >= 11 is -1.17. The van der Waals surface area contributed by atoms with E-state index in [0.717, 1.165) is 37.9 Å². The van der Waals surface area contributed by atoms with Crippen LogP contribution in [0.15, 0.2) is 42.9 Å². The van der Waals surface area contributed by atoms with Gasteiger partial charge in [-0.15, -0.1) is 4.72 Å². The molecular formula is C27H32N6O2S. The van der Waals surface area contributed by atoms with Crippen molar-refractivity contribution in [2.24, 2.45) is 5.41 Å². The van der Waals surface area contributed by atoms with Crippen LogP contribution in [0.3, 0.4) is 0 Å². The molecular weight excluding hydrogens is 472 g/mol. The van der Waals surface area contributed by atoms with Crippen LogP contribution < -0.4 is 9.62 Å². The van der Waals surface area contributed by atoms with Gasteiger partial charge in [-0.1, -0.05) is 30.2 Å². The van der Waals surface area contributed by atoms with Crippen molar-refractivity contribution in [2.45, 2.75) is 57.4 Å². The molecule has 2 aliphatic rings. The standard InChI is InChI=1S/C27H32N6O2S/c1-26(2,3)36(35)32-24-22-7-5-4-6-20(22)14-27(24)10-12-33(13-11-27)25-23(18-34)31-21(17-28-25)9-8-19-15-29-30-16-19/h4-7,15-17,24,32,34H,10-14,18H2,1-3H3,(H,29,30)/t24-,36?/m1/s1. The summed E-state index contributed by atoms with van der Waals surface area (Å²) in [6.07, 6.45) is 7.84. The fourth-order valence-corrected chi connectivity index (χ4v) is 6.14. The fraction of sp³-hybridized carbons (Fsp3) is 0.444. The van der Waals surface area contributed by atoms with Gasteiger partial charge >= 0.3 is 0 Å². The minimum Gasteiger partial charge on any atom is -0.598 e. The Morgan fingerprint density at radius 2 is 2.00 bits per heavy atom. The second-order valence-electron chi connectivity index (χ2n) is 10.6. The molecule has 2 atom stereocenters. The van der Waals surface area contributed by atoms with Crippen LogP contribution in [-0.4, -0.2) is 47.7 Å². The molecule has 3 N–H and O–H groups in total. The molecule has 1 fully saturated rings. The number of aromatic amines is 1. The van der Waals surface area contributed by atoms with E-state index < -0.39 is 11.4 Å². The number of fused-ring (bicyclic) bond motifs is 1. The van der Waals surface area contributed by atoms with Crippen molar-refractivity contribution in [3.63, 3.8) is 0 Å². The lowest BCUT2D eigenvalue weighted by atomic mass is 9.73. The van der Waals surface area contributed by atoms with E-state index in [1.54, 1.807) is 18.6 Å². The van der Waals surface area contributed by atoms with Crippen molar-refractivity contribution in [1.82, 2.24) is 24.9 Å². The number of H-pyrrole nitrogens is 1. The van der Waals surface area contributed by atoms with Gasteiger partial charge < -0.3 is 14.6 Å². The Bertz CT molecular complexity index is 1270. The summed E-state index contributed by atoms with van der Waals surface area (Å²) in [5, 5.41) is 16.6. The van der Waals surface area contributed by atoms with Crippen molar-refractivity contribution in [2.75, 3.05) is 18.0 Å². The first-order valence-electron chi connectivity index (χ1n) is 12.3. The molecule has 5 rings (SSSR count). The molecule has 8 nitrogen and oxygen atoms in total. The smallest absolute Gasteiger partial charge is 0.152 e. The first-order chi connectivity index (χ1) is 17.3. The minimum absolute atomic E-state index is 0.0100. The molecule has 1 aliphatic heterocycles. The zero-order chi connectivity index (χ0) is 25.3. The van der Waals surface area contributed by atoms with E-state index in [4.69, 9.17) is 0 Å². The topological polar surface area (TPSA) is 113 Å². The average Bonchev–Trinajstić information content (AvgIpc) is 3.49. The highest BCUT2D eigenvalue weighted by Crippen LogP contribution is 2.52. The monoisotopic (exact) mass is 504 g/mol. The summed E-state index contributed by atoms with van der Waals surface area (Å²) in [6.45, 7) is 7.39. The summed E-state index contributed by atoms with van der Waals surface area (Å²) in [7, 11) is 0. The van der Waals surface area contributed by atoms with Crippen LogP contribution in [-0.2, 0) is 24.4 Å². The molecule has 0 saturated carbocycles. The largest absolute Gasteiger partial charge is 0.598 e. The zero-order valence-corrected chi connectivity index (χ0v) is 21.7. The van der Waals surface area contributed by atoms with Gasteiger partial charge in [0.05, 0.1) is 30.6 Å². The van der Waals surface area contributed by atoms with Gasteiger partial charge in [0.2, 0.25) is 0 Å². The van der Waals surface area contributed by atoms with Crippen LogP contribution in [0, 0.1) is 17.3 Å². The van der Waals surface area contributed by atoms with Gasteiger partial charge in [0.15, 0.2) is 5.82 Å². The Kier molecular flexibility index (Phi) is 6.79. The van der Waals surface area contributed by atoms with E-state index in [1.165, 1.54) is 11.1 Å². The third-order valence-electron chi connectivity index (χ3n) is 7.17. The number of rotatable bonds is 4. The van der Waals surface area contributed by atoms with E-state index in [-0.39, 0.29) is 22.8 Å². The highest BCUT2D eigenvalue weighted by molar-refractivity contribution is 7.90. The van der Waals surface area contributed by atoms with E-state index >= 15 is 0 Å². The number of aromatic nitrogens is 4. The molecule has 2 aromatic heterocycles. The molecule has 9 heteroatoms. The molecule has 0 bridgehead atoms. The Morgan fingerprint density at radius 3 is 2.69 bits per heavy atom. The third-order valence-corrected chi connectivity index (χ3v) is 8.73. The van der Waals surface area contributed by atoms with Crippen molar-refractivity contribution in [3.05, 3.63) is 70.9 Å². The summed E-state index contributed by atoms with van der Waals surface area (Å²) in [5.74, 6) is 6.69. The quantitative estimate of drug-likeness (QED) is 0.370. The summed E-state index contributed by atoms with van der Waals surface area (Å²) in [4.78, 5) is 11.4. The molecule has 3 heterocycles. The maximum absolute atomic E-state index is 13.1. The first-order valence-corrected chi connectivity index (χ1v) is 13.4. The predicted molar refractivity (Wildman–Crippen MR) is 140 cm³/mol. The number of nitrogens with one attached hydrogen (secondary N) is 2. The predicted octanol–water partition coefficient (Wildman–Crippen LogP) is 3.03. The summed E-state index contributed by atoms with van der Waals surface area (Å²) in [6, 6.07) is 8.57. The first kappa shape index (κ1) is 24.8. The van der Waals surface area contributed by atoms with Crippen LogP contribution in [0.25, 0.3) is 0 Å². The van der Waals surface area contributed by atoms with E-state index in [1.807, 2.05) is 20.8 Å². The molecule has 1 aliphatic carbocycles. The zero-order valence-electron chi connectivity index (χ0n) is 20.9. The molecule has 0 radical (unpaired) electrons. The number of aliphatic hydroxyl groups is 1. The Balaban J connectivity index is 1.35. The van der Waals surface area contributed by atoms with Crippen LogP contribution in [0.4, 0.5) is 5.82 Å². The molecule has 1 saturated heterocycles. The molecule has 3 aromatic rings. The van der Waals surface area contributed by atoms with Crippen molar-refractivity contribution in [1.29, 1.82) is 0 Å². The number of benzene rings is 1. The van der Waals surface area contributed by atoms with Gasteiger partial charge in [-0.3, -0.25) is 5.10 Å². The van der Waals surface area contributed by atoms with Crippen LogP contribution in [0.1, 0.15) is 67.7 Å². The SMILES string of the molecule is CC(C)(C)[S+]([O-])N[C@@H]1c2ccccc2CC12CCN(c1ncc(C#Cc3cn[nH]c3)nc1CO)CC2. The van der Waals surface area contributed by atoms with Gasteiger partial charge in [-0.2, -0.15) is 5.10 Å². The Labute approximate surface area is 215 Å². The molecule has 188 valence electrons. The Morgan fingerprint density at radius 1 is 1.22 bits per heavy atom. The lowest BCUT2D eigenvalue weighted by Gasteiger charge is -2.44. The van der Waals surface area contributed by atoms with Crippen molar-refractivity contribution >= 4 is 17.2 Å². The highest BCUT2D eigenvalue weighted by Gasteiger charge is 2.50. The highest BCUT2D eigenvalue weighted by atomic mass is 32.2. The second-order valence-corrected chi connectivity index (χ2v) is 12.6. The van der Waals surface area contributed by atoms with Gasteiger partial charge in [0, 0.05) is 36.1 Å². The van der Waals surface area contributed by atoms with Gasteiger partial charge in [-0.25, -0.2) is 9.97 Å². The maximum Gasteiger partial charge on any atom is 0.152 e. The normalized spacial score (nSPS) is 19.6. The van der Waals surface area contributed by atoms with Gasteiger partial charge in [0.25, 0.3) is 0 Å². The van der Waals surface area contributed by atoms with Crippen LogP contribution in [0.5, 0.6) is 0 Å². The number of hydrogen-bond donors (Lipinski definition) is 3. The maximum atomic E-state index is 13.1.